The predicted octanol–water partition coefficient (Wildman–Crippen LogP) is 0.495. The second kappa shape index (κ2) is 5.66. The summed E-state index contributed by atoms with van der Waals surface area (Å²) in [6.45, 7) is 3.29. The van der Waals surface area contributed by atoms with Gasteiger partial charge in [-0.25, -0.2) is 4.39 Å². The lowest BCUT2D eigenvalue weighted by molar-refractivity contribution is -0.119. The quantitative estimate of drug-likeness (QED) is 0.460. The summed E-state index contributed by atoms with van der Waals surface area (Å²) in [5.74, 6) is 3.47. The highest BCUT2D eigenvalue weighted by molar-refractivity contribution is 6.00. The molecule has 0 aromatic heterocycles. The number of amides is 2. The molecule has 104 valence electrons. The Bertz CT molecular complexity index is 503. The Hall–Kier alpha value is -2.15. The first-order chi connectivity index (χ1) is 8.76. The number of hydrazine groups is 1. The van der Waals surface area contributed by atoms with E-state index in [1.807, 2.05) is 0 Å². The maximum atomic E-state index is 13.5. The van der Waals surface area contributed by atoms with Crippen molar-refractivity contribution in [1.29, 1.82) is 0 Å². The average Bonchev–Trinajstić information content (AvgIpc) is 2.25. The number of nitrogens with two attached hydrogens (primary N) is 2. The molecule has 0 saturated carbocycles. The molecule has 0 fully saturated rings. The van der Waals surface area contributed by atoms with Gasteiger partial charge in [-0.2, -0.15) is 0 Å². The molecule has 0 unspecified atom stereocenters. The highest BCUT2D eigenvalue weighted by Gasteiger charge is 2.25. The van der Waals surface area contributed by atoms with Crippen LogP contribution < -0.4 is 22.3 Å². The van der Waals surface area contributed by atoms with E-state index < -0.39 is 23.2 Å². The Morgan fingerprint density at radius 1 is 1.37 bits per heavy atom. The second-order valence-electron chi connectivity index (χ2n) is 4.79. The number of carbonyl (C=O) groups excluding carboxylic acids is 2. The molecule has 1 aromatic rings. The molecule has 0 aliphatic carbocycles. The van der Waals surface area contributed by atoms with E-state index in [1.165, 1.54) is 18.2 Å². The molecule has 7 heteroatoms. The van der Waals surface area contributed by atoms with Crippen LogP contribution in [0.2, 0.25) is 0 Å². The molecule has 1 rings (SSSR count). The van der Waals surface area contributed by atoms with Crippen LogP contribution >= 0.6 is 0 Å². The van der Waals surface area contributed by atoms with Crippen LogP contribution in [0.4, 0.5) is 10.1 Å². The van der Waals surface area contributed by atoms with Crippen LogP contribution in [-0.4, -0.2) is 17.4 Å². The number of para-hydroxylation sites is 1. The van der Waals surface area contributed by atoms with Crippen molar-refractivity contribution < 1.29 is 14.0 Å². The fourth-order valence-electron chi connectivity index (χ4n) is 1.71. The Labute approximate surface area is 110 Å². The Morgan fingerprint density at radius 2 is 2.00 bits per heavy atom. The largest absolute Gasteiger partial charge is 0.370 e. The molecule has 19 heavy (non-hydrogen) atoms. The van der Waals surface area contributed by atoms with E-state index in [1.54, 1.807) is 13.8 Å². The molecule has 0 spiro atoms. The second-order valence-corrected chi connectivity index (χ2v) is 4.79. The molecule has 0 radical (unpaired) electrons. The number of nitrogen functional groups attached to an aromatic ring is 1. The number of anilines is 1. The Morgan fingerprint density at radius 3 is 2.53 bits per heavy atom. The summed E-state index contributed by atoms with van der Waals surface area (Å²) in [6.07, 6.45) is -0.0283. The van der Waals surface area contributed by atoms with Crippen molar-refractivity contribution >= 4 is 17.5 Å². The van der Waals surface area contributed by atoms with Crippen LogP contribution in [-0.2, 0) is 4.79 Å². The summed E-state index contributed by atoms with van der Waals surface area (Å²) in [6, 6.07) is 4.00. The number of benzene rings is 1. The maximum absolute atomic E-state index is 13.5. The van der Waals surface area contributed by atoms with Gasteiger partial charge < -0.3 is 16.5 Å². The van der Waals surface area contributed by atoms with Crippen molar-refractivity contribution in [3.63, 3.8) is 0 Å². The first kappa shape index (κ1) is 14.9. The molecule has 0 aliphatic heterocycles. The van der Waals surface area contributed by atoms with Crippen molar-refractivity contribution in [2.75, 3.05) is 5.43 Å². The highest BCUT2D eigenvalue weighted by atomic mass is 19.1. The van der Waals surface area contributed by atoms with Crippen molar-refractivity contribution in [3.05, 3.63) is 29.6 Å². The third kappa shape index (κ3) is 3.92. The topological polar surface area (TPSA) is 110 Å². The lowest BCUT2D eigenvalue weighted by Gasteiger charge is -2.25. The van der Waals surface area contributed by atoms with Gasteiger partial charge in [0.25, 0.3) is 5.91 Å². The summed E-state index contributed by atoms with van der Waals surface area (Å²) >= 11 is 0. The first-order valence-electron chi connectivity index (χ1n) is 5.63. The number of primary amides is 1. The zero-order valence-corrected chi connectivity index (χ0v) is 10.8. The summed E-state index contributed by atoms with van der Waals surface area (Å²) in [5.41, 5.74) is 6.36. The van der Waals surface area contributed by atoms with E-state index in [-0.39, 0.29) is 17.7 Å². The van der Waals surface area contributed by atoms with E-state index >= 15 is 0 Å². The third-order valence-corrected chi connectivity index (χ3v) is 2.47. The van der Waals surface area contributed by atoms with E-state index in [0.29, 0.717) is 0 Å². The minimum Gasteiger partial charge on any atom is -0.370 e. The van der Waals surface area contributed by atoms with Crippen LogP contribution in [0.3, 0.4) is 0 Å². The molecule has 6 nitrogen and oxygen atoms in total. The van der Waals surface area contributed by atoms with Gasteiger partial charge >= 0.3 is 0 Å². The van der Waals surface area contributed by atoms with Crippen LogP contribution in [0.15, 0.2) is 18.2 Å². The van der Waals surface area contributed by atoms with Crippen molar-refractivity contribution in [2.45, 2.75) is 25.8 Å². The van der Waals surface area contributed by atoms with E-state index in [9.17, 15) is 14.0 Å². The predicted molar refractivity (Wildman–Crippen MR) is 69.6 cm³/mol. The Balaban J connectivity index is 2.96. The van der Waals surface area contributed by atoms with Gasteiger partial charge in [0.2, 0.25) is 5.91 Å². The lowest BCUT2D eigenvalue weighted by Crippen LogP contribution is -2.46. The first-order valence-corrected chi connectivity index (χ1v) is 5.63. The SMILES string of the molecule is CC(C)(CC(N)=O)NC(=O)c1cccc(F)c1NN. The summed E-state index contributed by atoms with van der Waals surface area (Å²) < 4.78 is 13.5. The smallest absolute Gasteiger partial charge is 0.253 e. The van der Waals surface area contributed by atoms with Gasteiger partial charge in [-0.05, 0) is 26.0 Å². The number of nitrogens with one attached hydrogen (secondary N) is 2. The highest BCUT2D eigenvalue weighted by Crippen LogP contribution is 2.19. The van der Waals surface area contributed by atoms with Gasteiger partial charge in [0.1, 0.15) is 5.82 Å². The fourth-order valence-corrected chi connectivity index (χ4v) is 1.71. The van der Waals surface area contributed by atoms with Crippen LogP contribution in [0.5, 0.6) is 0 Å². The summed E-state index contributed by atoms with van der Waals surface area (Å²) in [7, 11) is 0. The minimum absolute atomic E-state index is 0.0283. The molecule has 2 amide bonds. The fraction of sp³-hybridized carbons (Fsp3) is 0.333. The lowest BCUT2D eigenvalue weighted by atomic mass is 9.99. The number of carbonyl (C=O) groups is 2. The van der Waals surface area contributed by atoms with Gasteiger partial charge in [0.05, 0.1) is 11.3 Å². The summed E-state index contributed by atoms with van der Waals surface area (Å²) in [4.78, 5) is 22.9. The zero-order chi connectivity index (χ0) is 14.6. The molecule has 6 N–H and O–H groups in total. The zero-order valence-electron chi connectivity index (χ0n) is 10.8. The molecular weight excluding hydrogens is 251 g/mol. The molecular formula is C12H17FN4O2. The molecule has 0 saturated heterocycles. The molecule has 0 bridgehead atoms. The van der Waals surface area contributed by atoms with Crippen molar-refractivity contribution in [3.8, 4) is 0 Å². The van der Waals surface area contributed by atoms with Crippen molar-refractivity contribution in [2.24, 2.45) is 11.6 Å². The van der Waals surface area contributed by atoms with Crippen LogP contribution in [0, 0.1) is 5.82 Å². The number of hydrogen-bond donors (Lipinski definition) is 4. The molecule has 0 aliphatic rings. The van der Waals surface area contributed by atoms with Crippen LogP contribution in [0.25, 0.3) is 0 Å². The van der Waals surface area contributed by atoms with E-state index in [0.717, 1.165) is 0 Å². The average molecular weight is 268 g/mol. The van der Waals surface area contributed by atoms with E-state index in [2.05, 4.69) is 10.7 Å². The molecule has 0 heterocycles. The standard InChI is InChI=1S/C12H17FN4O2/c1-12(2,6-9(14)18)16-11(19)7-4-3-5-8(13)10(7)17-15/h3-5,17H,6,15H2,1-2H3,(H2,14,18)(H,16,19). The maximum Gasteiger partial charge on any atom is 0.253 e. The van der Waals surface area contributed by atoms with Crippen LogP contribution in [0.1, 0.15) is 30.6 Å². The van der Waals surface area contributed by atoms with Gasteiger partial charge in [0, 0.05) is 12.0 Å². The van der Waals surface area contributed by atoms with Gasteiger partial charge in [0.15, 0.2) is 0 Å². The minimum atomic E-state index is -0.832. The van der Waals surface area contributed by atoms with Gasteiger partial charge in [-0.3, -0.25) is 15.4 Å². The normalized spacial score (nSPS) is 10.9. The van der Waals surface area contributed by atoms with E-state index in [4.69, 9.17) is 11.6 Å². The molecule has 1 aromatic carbocycles. The van der Waals surface area contributed by atoms with Gasteiger partial charge in [-0.15, -0.1) is 0 Å². The number of hydrogen-bond acceptors (Lipinski definition) is 4. The number of halogens is 1. The number of rotatable bonds is 5. The Kier molecular flexibility index (Phi) is 4.44. The van der Waals surface area contributed by atoms with Crippen molar-refractivity contribution in [1.82, 2.24) is 5.32 Å². The summed E-state index contributed by atoms with van der Waals surface area (Å²) in [5, 5.41) is 2.60. The van der Waals surface area contributed by atoms with Gasteiger partial charge in [-0.1, -0.05) is 6.07 Å². The third-order valence-electron chi connectivity index (χ3n) is 2.47. The molecule has 0 atom stereocenters. The monoisotopic (exact) mass is 268 g/mol.